The van der Waals surface area contributed by atoms with E-state index in [-0.39, 0.29) is 0 Å². The highest BCUT2D eigenvalue weighted by atomic mass is 35.5. The minimum Gasteiger partial charge on any atom is -0.329 e. The van der Waals surface area contributed by atoms with Crippen LogP contribution in [0.3, 0.4) is 0 Å². The summed E-state index contributed by atoms with van der Waals surface area (Å²) in [6.07, 6.45) is 3.58. The molecule has 1 aromatic carbocycles. The van der Waals surface area contributed by atoms with E-state index in [4.69, 9.17) is 28.9 Å². The molecule has 0 spiro atoms. The minimum absolute atomic E-state index is 0.398. The van der Waals surface area contributed by atoms with Gasteiger partial charge in [0.25, 0.3) is 0 Å². The number of benzene rings is 1. The predicted octanol–water partition coefficient (Wildman–Crippen LogP) is 2.70. The highest BCUT2D eigenvalue weighted by Gasteiger charge is 2.08. The monoisotopic (exact) mass is 255 g/mol. The first-order valence-electron chi connectivity index (χ1n) is 4.85. The van der Waals surface area contributed by atoms with Crippen molar-refractivity contribution in [2.45, 2.75) is 13.1 Å². The molecule has 0 saturated heterocycles. The summed E-state index contributed by atoms with van der Waals surface area (Å²) in [5.41, 5.74) is 6.46. The molecule has 1 heterocycles. The van der Waals surface area contributed by atoms with Gasteiger partial charge in [0.15, 0.2) is 0 Å². The van der Waals surface area contributed by atoms with Gasteiger partial charge in [-0.3, -0.25) is 0 Å². The molecule has 2 N–H and O–H groups in total. The zero-order valence-corrected chi connectivity index (χ0v) is 10.0. The summed E-state index contributed by atoms with van der Waals surface area (Å²) in [6, 6.07) is 5.47. The van der Waals surface area contributed by atoms with Gasteiger partial charge in [-0.15, -0.1) is 0 Å². The second kappa shape index (κ2) is 4.87. The van der Waals surface area contributed by atoms with Crippen LogP contribution in [0.25, 0.3) is 0 Å². The maximum absolute atomic E-state index is 6.09. The van der Waals surface area contributed by atoms with Crippen molar-refractivity contribution in [3.63, 3.8) is 0 Å². The lowest BCUT2D eigenvalue weighted by atomic mass is 10.2. The number of hydrogen-bond donors (Lipinski definition) is 1. The van der Waals surface area contributed by atoms with E-state index in [1.807, 2.05) is 29.0 Å². The Morgan fingerprint density at radius 2 is 1.94 bits per heavy atom. The molecule has 5 heteroatoms. The molecule has 0 aliphatic rings. The Kier molecular flexibility index (Phi) is 3.49. The van der Waals surface area contributed by atoms with E-state index in [0.29, 0.717) is 23.1 Å². The quantitative estimate of drug-likeness (QED) is 0.917. The molecule has 0 fully saturated rings. The van der Waals surface area contributed by atoms with Crippen LogP contribution >= 0.6 is 23.2 Å². The van der Waals surface area contributed by atoms with E-state index in [9.17, 15) is 0 Å². The number of hydrogen-bond acceptors (Lipinski definition) is 2. The van der Waals surface area contributed by atoms with E-state index >= 15 is 0 Å². The Morgan fingerprint density at radius 1 is 1.25 bits per heavy atom. The number of aromatic nitrogens is 2. The standard InChI is InChI=1S/C11H11Cl2N3/c12-9-2-1-3-10(13)8(9)7-16-5-4-15-11(16)6-14/h1-5H,6-7,14H2. The van der Waals surface area contributed by atoms with Crippen molar-refractivity contribution in [1.29, 1.82) is 0 Å². The van der Waals surface area contributed by atoms with Gasteiger partial charge in [-0.05, 0) is 12.1 Å². The lowest BCUT2D eigenvalue weighted by Crippen LogP contribution is -2.09. The minimum atomic E-state index is 0.398. The third kappa shape index (κ3) is 2.21. The molecule has 0 amide bonds. The summed E-state index contributed by atoms with van der Waals surface area (Å²) in [5, 5.41) is 1.31. The molecule has 0 radical (unpaired) electrons. The molecule has 0 bridgehead atoms. The number of rotatable bonds is 3. The van der Waals surface area contributed by atoms with Gasteiger partial charge in [-0.25, -0.2) is 4.98 Å². The lowest BCUT2D eigenvalue weighted by molar-refractivity contribution is 0.724. The fourth-order valence-corrected chi connectivity index (χ4v) is 2.04. The summed E-state index contributed by atoms with van der Waals surface area (Å²) < 4.78 is 1.94. The SMILES string of the molecule is NCc1nccn1Cc1c(Cl)cccc1Cl. The van der Waals surface area contributed by atoms with Gasteiger partial charge in [0.1, 0.15) is 5.82 Å². The summed E-state index contributed by atoms with van der Waals surface area (Å²) in [7, 11) is 0. The number of imidazole rings is 1. The van der Waals surface area contributed by atoms with Gasteiger partial charge >= 0.3 is 0 Å². The first kappa shape index (κ1) is 11.5. The molecule has 16 heavy (non-hydrogen) atoms. The average molecular weight is 256 g/mol. The highest BCUT2D eigenvalue weighted by Crippen LogP contribution is 2.25. The maximum atomic E-state index is 6.09. The van der Waals surface area contributed by atoms with E-state index < -0.39 is 0 Å². The molecule has 0 aliphatic carbocycles. The zero-order chi connectivity index (χ0) is 11.5. The maximum Gasteiger partial charge on any atom is 0.122 e. The second-order valence-corrected chi connectivity index (χ2v) is 4.19. The largest absolute Gasteiger partial charge is 0.329 e. The summed E-state index contributed by atoms with van der Waals surface area (Å²) in [5.74, 6) is 0.816. The van der Waals surface area contributed by atoms with Gasteiger partial charge in [-0.2, -0.15) is 0 Å². The second-order valence-electron chi connectivity index (χ2n) is 3.38. The number of nitrogens with zero attached hydrogens (tertiary/aromatic N) is 2. The predicted molar refractivity (Wildman–Crippen MR) is 65.7 cm³/mol. The van der Waals surface area contributed by atoms with Crippen LogP contribution in [0.2, 0.25) is 10.0 Å². The molecular formula is C11H11Cl2N3. The van der Waals surface area contributed by atoms with E-state index in [1.165, 1.54) is 0 Å². The Labute approximate surface area is 104 Å². The molecule has 2 aromatic rings. The third-order valence-corrected chi connectivity index (χ3v) is 3.08. The smallest absolute Gasteiger partial charge is 0.122 e. The molecule has 0 saturated carbocycles. The molecule has 0 atom stereocenters. The fourth-order valence-electron chi connectivity index (χ4n) is 1.53. The average Bonchev–Trinajstić information content (AvgIpc) is 2.71. The van der Waals surface area contributed by atoms with E-state index in [0.717, 1.165) is 11.4 Å². The van der Waals surface area contributed by atoms with Crippen LogP contribution < -0.4 is 5.73 Å². The van der Waals surface area contributed by atoms with Crippen molar-refractivity contribution in [3.05, 3.63) is 52.0 Å². The van der Waals surface area contributed by atoms with Crippen molar-refractivity contribution < 1.29 is 0 Å². The summed E-state index contributed by atoms with van der Waals surface area (Å²) >= 11 is 12.2. The van der Waals surface area contributed by atoms with Crippen molar-refractivity contribution >= 4 is 23.2 Å². The summed E-state index contributed by atoms with van der Waals surface area (Å²) in [6.45, 7) is 0.986. The van der Waals surface area contributed by atoms with Crippen molar-refractivity contribution in [1.82, 2.24) is 9.55 Å². The van der Waals surface area contributed by atoms with Gasteiger partial charge < -0.3 is 10.3 Å². The normalized spacial score (nSPS) is 10.7. The Bertz CT molecular complexity index is 473. The van der Waals surface area contributed by atoms with Crippen LogP contribution in [0.4, 0.5) is 0 Å². The zero-order valence-electron chi connectivity index (χ0n) is 8.53. The molecule has 3 nitrogen and oxygen atoms in total. The lowest BCUT2D eigenvalue weighted by Gasteiger charge is -2.09. The van der Waals surface area contributed by atoms with Gasteiger partial charge in [0.05, 0.1) is 13.1 Å². The first-order valence-corrected chi connectivity index (χ1v) is 5.61. The van der Waals surface area contributed by atoms with Crippen LogP contribution in [-0.2, 0) is 13.1 Å². The Hall–Kier alpha value is -1.03. The van der Waals surface area contributed by atoms with Gasteiger partial charge in [-0.1, -0.05) is 29.3 Å². The van der Waals surface area contributed by atoms with Gasteiger partial charge in [0.2, 0.25) is 0 Å². The van der Waals surface area contributed by atoms with Crippen LogP contribution in [0.15, 0.2) is 30.6 Å². The fraction of sp³-hybridized carbons (Fsp3) is 0.182. The first-order chi connectivity index (χ1) is 7.72. The number of halogens is 2. The topological polar surface area (TPSA) is 43.8 Å². The summed E-state index contributed by atoms with van der Waals surface area (Å²) in [4.78, 5) is 4.14. The van der Waals surface area contributed by atoms with Crippen molar-refractivity contribution in [3.8, 4) is 0 Å². The molecule has 0 aliphatic heterocycles. The number of nitrogens with two attached hydrogens (primary N) is 1. The molecule has 1 aromatic heterocycles. The highest BCUT2D eigenvalue weighted by molar-refractivity contribution is 6.35. The molecular weight excluding hydrogens is 245 g/mol. The van der Waals surface area contributed by atoms with E-state index in [1.54, 1.807) is 6.20 Å². The van der Waals surface area contributed by atoms with Crippen molar-refractivity contribution in [2.75, 3.05) is 0 Å². The molecule has 2 rings (SSSR count). The Balaban J connectivity index is 2.34. The van der Waals surface area contributed by atoms with Crippen LogP contribution in [-0.4, -0.2) is 9.55 Å². The molecule has 0 unspecified atom stereocenters. The van der Waals surface area contributed by atoms with Crippen molar-refractivity contribution in [2.24, 2.45) is 5.73 Å². The third-order valence-electron chi connectivity index (χ3n) is 2.37. The molecule has 84 valence electrons. The Morgan fingerprint density at radius 3 is 2.56 bits per heavy atom. The van der Waals surface area contributed by atoms with Gasteiger partial charge in [0, 0.05) is 28.0 Å². The van der Waals surface area contributed by atoms with Crippen LogP contribution in [0, 0.1) is 0 Å². The van der Waals surface area contributed by atoms with Crippen LogP contribution in [0.1, 0.15) is 11.4 Å². The van der Waals surface area contributed by atoms with E-state index in [2.05, 4.69) is 4.98 Å². The van der Waals surface area contributed by atoms with Crippen LogP contribution in [0.5, 0.6) is 0 Å².